The molecular weight excluding hydrogens is 270 g/mol. The van der Waals surface area contributed by atoms with Gasteiger partial charge in [-0.15, -0.1) is 0 Å². The summed E-state index contributed by atoms with van der Waals surface area (Å²) in [4.78, 5) is 33.7. The quantitative estimate of drug-likeness (QED) is 0.551. The number of nitrogens with zero attached hydrogens (tertiary/aromatic N) is 3. The molecule has 9 heteroatoms. The van der Waals surface area contributed by atoms with Crippen LogP contribution in [-0.4, -0.2) is 33.6 Å². The lowest BCUT2D eigenvalue weighted by atomic mass is 10.3. The van der Waals surface area contributed by atoms with Crippen LogP contribution >= 0.6 is 0 Å². The van der Waals surface area contributed by atoms with Gasteiger partial charge >= 0.3 is 16.9 Å². The lowest BCUT2D eigenvalue weighted by Gasteiger charge is -2.23. The van der Waals surface area contributed by atoms with Gasteiger partial charge in [0.15, 0.2) is 6.29 Å². The molecule has 1 aliphatic heterocycles. The number of hydrogen-bond acceptors (Lipinski definition) is 6. The van der Waals surface area contributed by atoms with E-state index in [0.717, 1.165) is 21.8 Å². The van der Waals surface area contributed by atoms with Gasteiger partial charge in [0.05, 0.1) is 24.3 Å². The molecule has 0 saturated carbocycles. The largest absolute Gasteiger partial charge is 0.353 e. The van der Waals surface area contributed by atoms with Crippen molar-refractivity contribution in [1.82, 2.24) is 9.13 Å². The van der Waals surface area contributed by atoms with Gasteiger partial charge in [0, 0.05) is 20.0 Å². The van der Waals surface area contributed by atoms with E-state index in [4.69, 9.17) is 9.47 Å². The van der Waals surface area contributed by atoms with Crippen LogP contribution < -0.4 is 11.2 Å². The van der Waals surface area contributed by atoms with Crippen molar-refractivity contribution in [3.05, 3.63) is 37.1 Å². The highest BCUT2D eigenvalue weighted by Crippen LogP contribution is 2.09. The van der Waals surface area contributed by atoms with Crippen molar-refractivity contribution < 1.29 is 14.4 Å². The Morgan fingerprint density at radius 2 is 2.05 bits per heavy atom. The summed E-state index contributed by atoms with van der Waals surface area (Å²) < 4.78 is 12.5. The van der Waals surface area contributed by atoms with E-state index in [0.29, 0.717) is 13.2 Å². The number of rotatable bonds is 4. The highest BCUT2D eigenvalue weighted by atomic mass is 16.7. The number of aryl methyl sites for hydroxylation is 1. The molecule has 0 radical (unpaired) electrons. The maximum absolute atomic E-state index is 11.9. The first-order valence-electron chi connectivity index (χ1n) is 6.19. The van der Waals surface area contributed by atoms with E-state index in [1.165, 1.54) is 7.05 Å². The van der Waals surface area contributed by atoms with Crippen molar-refractivity contribution in [2.24, 2.45) is 7.05 Å². The van der Waals surface area contributed by atoms with Crippen LogP contribution in [-0.2, 0) is 23.1 Å². The van der Waals surface area contributed by atoms with E-state index in [9.17, 15) is 19.7 Å². The molecule has 2 heterocycles. The Kier molecular flexibility index (Phi) is 4.30. The van der Waals surface area contributed by atoms with Gasteiger partial charge in [-0.3, -0.25) is 24.0 Å². The van der Waals surface area contributed by atoms with Crippen LogP contribution in [0, 0.1) is 10.1 Å². The van der Waals surface area contributed by atoms with Crippen molar-refractivity contribution >= 4 is 5.69 Å². The number of ether oxygens (including phenoxy) is 2. The third kappa shape index (κ3) is 2.94. The van der Waals surface area contributed by atoms with E-state index < -0.39 is 28.1 Å². The molecule has 1 aromatic heterocycles. The number of aromatic nitrogens is 2. The van der Waals surface area contributed by atoms with Gasteiger partial charge in [-0.25, -0.2) is 4.79 Å². The zero-order valence-corrected chi connectivity index (χ0v) is 11.0. The van der Waals surface area contributed by atoms with Gasteiger partial charge in [0.1, 0.15) is 0 Å². The zero-order valence-electron chi connectivity index (χ0n) is 11.0. The van der Waals surface area contributed by atoms with Crippen LogP contribution in [0.15, 0.2) is 15.8 Å². The van der Waals surface area contributed by atoms with Gasteiger partial charge < -0.3 is 9.47 Å². The maximum atomic E-state index is 11.9. The average Bonchev–Trinajstić information content (AvgIpc) is 2.43. The summed E-state index contributed by atoms with van der Waals surface area (Å²) in [5.74, 6) is 0. The second-order valence-corrected chi connectivity index (χ2v) is 4.44. The zero-order chi connectivity index (χ0) is 14.7. The molecule has 0 amide bonds. The first-order chi connectivity index (χ1) is 9.50. The summed E-state index contributed by atoms with van der Waals surface area (Å²) in [6, 6.07) is 0. The fourth-order valence-electron chi connectivity index (χ4n) is 1.97. The smallest absolute Gasteiger partial charge is 0.350 e. The average molecular weight is 285 g/mol. The van der Waals surface area contributed by atoms with E-state index in [-0.39, 0.29) is 13.0 Å². The number of hydrogen-bond donors (Lipinski definition) is 0. The third-order valence-electron chi connectivity index (χ3n) is 2.99. The topological polar surface area (TPSA) is 106 Å². The Morgan fingerprint density at radius 1 is 1.40 bits per heavy atom. The fraction of sp³-hybridized carbons (Fsp3) is 0.636. The molecule has 9 nitrogen and oxygen atoms in total. The van der Waals surface area contributed by atoms with Crippen LogP contribution in [0.1, 0.15) is 12.8 Å². The van der Waals surface area contributed by atoms with Crippen LogP contribution in [0.4, 0.5) is 5.69 Å². The minimum absolute atomic E-state index is 0.0118. The molecule has 0 atom stereocenters. The monoisotopic (exact) mass is 285 g/mol. The van der Waals surface area contributed by atoms with Gasteiger partial charge in [-0.05, 0) is 6.42 Å². The highest BCUT2D eigenvalue weighted by molar-refractivity contribution is 5.21. The summed E-state index contributed by atoms with van der Waals surface area (Å²) in [5, 5.41) is 10.8. The maximum Gasteiger partial charge on any atom is 0.350 e. The van der Waals surface area contributed by atoms with E-state index in [1.807, 2.05) is 0 Å². The molecule has 0 N–H and O–H groups in total. The highest BCUT2D eigenvalue weighted by Gasteiger charge is 2.20. The summed E-state index contributed by atoms with van der Waals surface area (Å²) in [6.45, 7) is 1.14. The molecule has 2 rings (SSSR count). The molecule has 1 aromatic rings. The van der Waals surface area contributed by atoms with Crippen LogP contribution in [0.25, 0.3) is 0 Å². The summed E-state index contributed by atoms with van der Waals surface area (Å²) >= 11 is 0. The molecular formula is C11H15N3O6. The molecule has 0 bridgehead atoms. The van der Waals surface area contributed by atoms with Crippen LogP contribution in [0.2, 0.25) is 0 Å². The Morgan fingerprint density at radius 3 is 2.65 bits per heavy atom. The van der Waals surface area contributed by atoms with Gasteiger partial charge in [-0.2, -0.15) is 0 Å². The van der Waals surface area contributed by atoms with Crippen LogP contribution in [0.3, 0.4) is 0 Å². The van der Waals surface area contributed by atoms with Gasteiger partial charge in [0.25, 0.3) is 0 Å². The Hall–Kier alpha value is -2.00. The van der Waals surface area contributed by atoms with Crippen molar-refractivity contribution in [3.8, 4) is 0 Å². The molecule has 0 unspecified atom stereocenters. The molecule has 0 aromatic carbocycles. The molecule has 20 heavy (non-hydrogen) atoms. The minimum atomic E-state index is -0.908. The Bertz CT molecular complexity index is 614. The predicted molar refractivity (Wildman–Crippen MR) is 67.5 cm³/mol. The third-order valence-corrected chi connectivity index (χ3v) is 2.99. The first-order valence-corrected chi connectivity index (χ1v) is 6.19. The van der Waals surface area contributed by atoms with Gasteiger partial charge in [-0.1, -0.05) is 0 Å². The van der Waals surface area contributed by atoms with Crippen molar-refractivity contribution in [1.29, 1.82) is 0 Å². The second-order valence-electron chi connectivity index (χ2n) is 4.44. The molecule has 1 fully saturated rings. The molecule has 110 valence electrons. The summed E-state index contributed by atoms with van der Waals surface area (Å²) in [7, 11) is 1.36. The van der Waals surface area contributed by atoms with Crippen LogP contribution in [0.5, 0.6) is 0 Å². The fourth-order valence-corrected chi connectivity index (χ4v) is 1.97. The summed E-state index contributed by atoms with van der Waals surface area (Å²) in [5.41, 5.74) is -2.14. The van der Waals surface area contributed by atoms with Crippen molar-refractivity contribution in [3.63, 3.8) is 0 Å². The number of nitro groups is 1. The van der Waals surface area contributed by atoms with E-state index in [2.05, 4.69) is 0 Å². The minimum Gasteiger partial charge on any atom is -0.353 e. The van der Waals surface area contributed by atoms with E-state index >= 15 is 0 Å². The van der Waals surface area contributed by atoms with Crippen molar-refractivity contribution in [2.75, 3.05) is 13.2 Å². The molecule has 1 saturated heterocycles. The standard InChI is InChI=1S/C11H15N3O6/c1-12-7-8(14(17)18)10(15)13(11(12)16)4-3-9-19-5-2-6-20-9/h7,9H,2-6H2,1H3. The molecule has 0 aliphatic carbocycles. The van der Waals surface area contributed by atoms with Crippen molar-refractivity contribution in [2.45, 2.75) is 25.7 Å². The Labute approximate surface area is 113 Å². The summed E-state index contributed by atoms with van der Waals surface area (Å²) in [6.07, 6.45) is 1.53. The molecule has 1 aliphatic rings. The lowest BCUT2D eigenvalue weighted by Crippen LogP contribution is -2.40. The molecule has 0 spiro atoms. The SMILES string of the molecule is Cn1cc([N+](=O)[O-])c(=O)n(CCC2OCCCO2)c1=O. The predicted octanol–water partition coefficient (Wildman–Crippen LogP) is -0.392. The Balaban J connectivity index is 2.24. The second kappa shape index (κ2) is 5.97. The van der Waals surface area contributed by atoms with Gasteiger partial charge in [0.2, 0.25) is 0 Å². The first kappa shape index (κ1) is 14.4. The lowest BCUT2D eigenvalue weighted by molar-refractivity contribution is -0.387. The van der Waals surface area contributed by atoms with E-state index in [1.54, 1.807) is 0 Å². The normalized spacial score (nSPS) is 16.2.